The number of nitrogens with zero attached hydrogens (tertiary/aromatic N) is 3. The molecule has 2 fully saturated rings. The van der Waals surface area contributed by atoms with Gasteiger partial charge in [-0.15, -0.1) is 0 Å². The molecular weight excluding hydrogens is 348 g/mol. The summed E-state index contributed by atoms with van der Waals surface area (Å²) >= 11 is 0. The first kappa shape index (κ1) is 16.9. The van der Waals surface area contributed by atoms with E-state index in [1.165, 1.54) is 24.3 Å². The lowest BCUT2D eigenvalue weighted by Crippen LogP contribution is -2.62. The molecule has 5 N–H and O–H groups in total. The molecule has 26 heavy (non-hydrogen) atoms. The average molecular weight is 366 g/mol. The minimum Gasteiger partial charge on any atom is -0.386 e. The van der Waals surface area contributed by atoms with Crippen LogP contribution in [0.1, 0.15) is 6.23 Å². The minimum atomic E-state index is -1.08. The lowest BCUT2D eigenvalue weighted by Gasteiger charge is -2.38. The van der Waals surface area contributed by atoms with Crippen molar-refractivity contribution in [1.82, 2.24) is 24.8 Å². The van der Waals surface area contributed by atoms with Gasteiger partial charge in [0.15, 0.2) is 17.4 Å². The standard InChI is InChI=1S/C14H18N6O6/c1-24-5-2-25-10-8(21)13(26-9(10)6(5)19-14(15)23)20-4-18-7-11(20)16-3-17-12(7)22/h3-6,8-10,13,21H,2H2,1H3,(H3,15,19,23)(H,16,17,22)/t5-,6-,8-,9-,10+,13-/m1/s1. The van der Waals surface area contributed by atoms with Gasteiger partial charge >= 0.3 is 6.03 Å². The van der Waals surface area contributed by atoms with E-state index in [1.54, 1.807) is 0 Å². The van der Waals surface area contributed by atoms with Gasteiger partial charge in [-0.2, -0.15) is 0 Å². The molecule has 4 rings (SSSR count). The third-order valence-corrected chi connectivity index (χ3v) is 4.71. The van der Waals surface area contributed by atoms with Crippen LogP contribution in [0.4, 0.5) is 4.79 Å². The summed E-state index contributed by atoms with van der Waals surface area (Å²) in [5.41, 5.74) is 5.24. The number of fused-ring (bicyclic) bond motifs is 2. The molecule has 140 valence electrons. The number of H-pyrrole nitrogens is 1. The summed E-state index contributed by atoms with van der Waals surface area (Å²) in [6.45, 7) is 0.151. The number of imidazole rings is 1. The summed E-state index contributed by atoms with van der Waals surface area (Å²) in [6, 6.07) is -1.34. The number of aromatic amines is 1. The van der Waals surface area contributed by atoms with Gasteiger partial charge in [0.05, 0.1) is 25.3 Å². The first-order chi connectivity index (χ1) is 12.5. The molecule has 12 nitrogen and oxygen atoms in total. The van der Waals surface area contributed by atoms with E-state index in [0.717, 1.165) is 0 Å². The number of ether oxygens (including phenoxy) is 3. The second-order valence-corrected chi connectivity index (χ2v) is 6.14. The molecule has 0 bridgehead atoms. The van der Waals surface area contributed by atoms with Crippen LogP contribution in [0.15, 0.2) is 17.4 Å². The summed E-state index contributed by atoms with van der Waals surface area (Å²) in [7, 11) is 1.48. The zero-order chi connectivity index (χ0) is 18.4. The molecule has 6 atom stereocenters. The van der Waals surface area contributed by atoms with Gasteiger partial charge in [-0.05, 0) is 0 Å². The van der Waals surface area contributed by atoms with Crippen molar-refractivity contribution >= 4 is 17.2 Å². The Kier molecular flexibility index (Phi) is 4.11. The monoisotopic (exact) mass is 366 g/mol. The summed E-state index contributed by atoms with van der Waals surface area (Å²) in [6.07, 6.45) is -1.29. The first-order valence-electron chi connectivity index (χ1n) is 7.95. The van der Waals surface area contributed by atoms with Gasteiger partial charge in [0.1, 0.15) is 24.4 Å². The number of carbonyl (C=O) groups excluding carboxylic acids is 1. The van der Waals surface area contributed by atoms with E-state index in [9.17, 15) is 14.7 Å². The zero-order valence-corrected chi connectivity index (χ0v) is 13.7. The van der Waals surface area contributed by atoms with E-state index in [0.29, 0.717) is 0 Å². The number of aliphatic hydroxyl groups is 1. The molecular formula is C14H18N6O6. The third kappa shape index (κ3) is 2.54. The van der Waals surface area contributed by atoms with Gasteiger partial charge in [0, 0.05) is 7.11 Å². The average Bonchev–Trinajstić information content (AvgIpc) is 3.17. The van der Waals surface area contributed by atoms with Crippen LogP contribution >= 0.6 is 0 Å². The summed E-state index contributed by atoms with van der Waals surface area (Å²) in [4.78, 5) is 33.7. The molecule has 2 aliphatic rings. The third-order valence-electron chi connectivity index (χ3n) is 4.71. The number of nitrogens with one attached hydrogen (secondary N) is 2. The van der Waals surface area contributed by atoms with E-state index in [-0.39, 0.29) is 17.8 Å². The Labute approximate surface area is 146 Å². The number of methoxy groups -OCH3 is 1. The highest BCUT2D eigenvalue weighted by molar-refractivity contribution is 5.72. The molecule has 2 saturated heterocycles. The highest BCUT2D eigenvalue weighted by Gasteiger charge is 2.54. The van der Waals surface area contributed by atoms with Crippen LogP contribution in [0.2, 0.25) is 0 Å². The number of primary amides is 1. The van der Waals surface area contributed by atoms with Crippen molar-refractivity contribution in [2.24, 2.45) is 5.73 Å². The minimum absolute atomic E-state index is 0.126. The van der Waals surface area contributed by atoms with Crippen LogP contribution in [-0.2, 0) is 14.2 Å². The molecule has 0 unspecified atom stereocenters. The molecule has 0 aromatic carbocycles. The molecule has 2 amide bonds. The maximum atomic E-state index is 11.8. The van der Waals surface area contributed by atoms with Crippen molar-refractivity contribution in [3.63, 3.8) is 0 Å². The number of hydrogen-bond donors (Lipinski definition) is 4. The number of amides is 2. The second kappa shape index (κ2) is 6.32. The number of urea groups is 1. The summed E-state index contributed by atoms with van der Waals surface area (Å²) in [5, 5.41) is 13.3. The molecule has 4 heterocycles. The predicted molar refractivity (Wildman–Crippen MR) is 85.1 cm³/mol. The normalized spacial score (nSPS) is 33.9. The van der Waals surface area contributed by atoms with Gasteiger partial charge in [-0.3, -0.25) is 9.36 Å². The number of aromatic nitrogens is 4. The summed E-state index contributed by atoms with van der Waals surface area (Å²) in [5.74, 6) is 0. The Morgan fingerprint density at radius 2 is 2.31 bits per heavy atom. The number of rotatable bonds is 3. The van der Waals surface area contributed by atoms with Gasteiger partial charge in [-0.1, -0.05) is 0 Å². The smallest absolute Gasteiger partial charge is 0.312 e. The maximum Gasteiger partial charge on any atom is 0.312 e. The SMILES string of the molecule is CO[C@@H]1CO[C@H]2[C@@H](O)[C@H](n3cnc4c(=O)[nH]cnc43)O[C@@H]2[C@@H]1NC(N)=O. The summed E-state index contributed by atoms with van der Waals surface area (Å²) < 4.78 is 18.4. The number of nitrogens with two attached hydrogens (primary N) is 1. The van der Waals surface area contributed by atoms with E-state index in [2.05, 4.69) is 20.3 Å². The molecule has 0 radical (unpaired) electrons. The van der Waals surface area contributed by atoms with Crippen molar-refractivity contribution in [3.8, 4) is 0 Å². The topological polar surface area (TPSA) is 167 Å². The van der Waals surface area contributed by atoms with Crippen molar-refractivity contribution in [3.05, 3.63) is 23.0 Å². The van der Waals surface area contributed by atoms with E-state index in [4.69, 9.17) is 19.9 Å². The van der Waals surface area contributed by atoms with Gasteiger partial charge in [0.25, 0.3) is 5.56 Å². The van der Waals surface area contributed by atoms with Crippen molar-refractivity contribution in [2.45, 2.75) is 36.7 Å². The van der Waals surface area contributed by atoms with Crippen LogP contribution in [0, 0.1) is 0 Å². The predicted octanol–water partition coefficient (Wildman–Crippen LogP) is -2.17. The number of hydrogen-bond acceptors (Lipinski definition) is 8. The Morgan fingerprint density at radius 3 is 3.04 bits per heavy atom. The molecule has 2 aromatic rings. The van der Waals surface area contributed by atoms with Crippen LogP contribution in [0.5, 0.6) is 0 Å². The molecule has 12 heteroatoms. The maximum absolute atomic E-state index is 11.8. The molecule has 0 aliphatic carbocycles. The van der Waals surface area contributed by atoms with Crippen molar-refractivity contribution < 1.29 is 24.1 Å². The Morgan fingerprint density at radius 1 is 1.50 bits per heavy atom. The van der Waals surface area contributed by atoms with Crippen molar-refractivity contribution in [2.75, 3.05) is 13.7 Å². The van der Waals surface area contributed by atoms with Gasteiger partial charge in [0.2, 0.25) is 0 Å². The largest absolute Gasteiger partial charge is 0.386 e. The van der Waals surface area contributed by atoms with Crippen LogP contribution in [0.3, 0.4) is 0 Å². The fourth-order valence-corrected chi connectivity index (χ4v) is 3.51. The molecule has 2 aliphatic heterocycles. The molecule has 0 spiro atoms. The molecule has 2 aromatic heterocycles. The van der Waals surface area contributed by atoms with Gasteiger partial charge < -0.3 is 35.4 Å². The highest BCUT2D eigenvalue weighted by atomic mass is 16.6. The number of aliphatic hydroxyl groups excluding tert-OH is 1. The van der Waals surface area contributed by atoms with Crippen molar-refractivity contribution in [1.29, 1.82) is 0 Å². The van der Waals surface area contributed by atoms with Crippen LogP contribution < -0.4 is 16.6 Å². The Hall–Kier alpha value is -2.54. The first-order valence-corrected chi connectivity index (χ1v) is 7.95. The Balaban J connectivity index is 1.69. The Bertz CT molecular complexity index is 882. The molecule has 0 saturated carbocycles. The van der Waals surface area contributed by atoms with Crippen LogP contribution in [0.25, 0.3) is 11.2 Å². The zero-order valence-electron chi connectivity index (χ0n) is 13.7. The quantitative estimate of drug-likeness (QED) is 0.476. The van der Waals surface area contributed by atoms with E-state index >= 15 is 0 Å². The lowest BCUT2D eigenvalue weighted by molar-refractivity contribution is -0.145. The van der Waals surface area contributed by atoms with Crippen LogP contribution in [-0.4, -0.2) is 74.8 Å². The second-order valence-electron chi connectivity index (χ2n) is 6.14. The van der Waals surface area contributed by atoms with E-state index < -0.39 is 48.3 Å². The number of carbonyl (C=O) groups is 1. The fourth-order valence-electron chi connectivity index (χ4n) is 3.51. The van der Waals surface area contributed by atoms with Gasteiger partial charge in [-0.25, -0.2) is 14.8 Å². The fraction of sp³-hybridized carbons (Fsp3) is 0.571. The lowest BCUT2D eigenvalue weighted by atomic mass is 9.95. The van der Waals surface area contributed by atoms with E-state index in [1.807, 2.05) is 0 Å². The highest BCUT2D eigenvalue weighted by Crippen LogP contribution is 2.37.